The van der Waals surface area contributed by atoms with E-state index in [1.54, 1.807) is 17.4 Å². The van der Waals surface area contributed by atoms with Crippen LogP contribution in [-0.2, 0) is 0 Å². The fourth-order valence-electron chi connectivity index (χ4n) is 1.89. The second kappa shape index (κ2) is 4.19. The van der Waals surface area contributed by atoms with Crippen LogP contribution in [0.15, 0.2) is 29.8 Å². The van der Waals surface area contributed by atoms with Gasteiger partial charge in [-0.2, -0.15) is 0 Å². The van der Waals surface area contributed by atoms with Crippen molar-refractivity contribution in [3.8, 4) is 10.4 Å². The van der Waals surface area contributed by atoms with E-state index in [1.165, 1.54) is 21.6 Å². The van der Waals surface area contributed by atoms with Gasteiger partial charge in [0, 0.05) is 4.88 Å². The number of carbonyl (C=O) groups is 1. The molecular weight excluding hydrogens is 264 g/mol. The Morgan fingerprint density at radius 2 is 2.17 bits per heavy atom. The van der Waals surface area contributed by atoms with Crippen molar-refractivity contribution in [1.82, 2.24) is 4.98 Å². The van der Waals surface area contributed by atoms with Crippen molar-refractivity contribution in [2.75, 3.05) is 0 Å². The van der Waals surface area contributed by atoms with E-state index in [-0.39, 0.29) is 5.91 Å². The predicted octanol–water partition coefficient (Wildman–Crippen LogP) is 3.43. The number of rotatable bonds is 2. The highest BCUT2D eigenvalue weighted by atomic mass is 32.1. The lowest BCUT2D eigenvalue weighted by Crippen LogP contribution is -2.07. The van der Waals surface area contributed by atoms with E-state index < -0.39 is 0 Å². The van der Waals surface area contributed by atoms with Crippen LogP contribution < -0.4 is 5.73 Å². The van der Waals surface area contributed by atoms with Crippen LogP contribution in [-0.4, -0.2) is 10.9 Å². The maximum atomic E-state index is 11.1. The van der Waals surface area contributed by atoms with Crippen molar-refractivity contribution in [2.24, 2.45) is 5.73 Å². The van der Waals surface area contributed by atoms with Gasteiger partial charge in [-0.05, 0) is 42.3 Å². The van der Waals surface area contributed by atoms with Gasteiger partial charge in [0.05, 0.1) is 20.6 Å². The molecule has 3 nitrogen and oxygen atoms in total. The van der Waals surface area contributed by atoms with Gasteiger partial charge in [0.1, 0.15) is 0 Å². The fraction of sp³-hybridized carbons (Fsp3) is 0.0769. The topological polar surface area (TPSA) is 56.0 Å². The number of aromatic nitrogens is 1. The molecular formula is C13H10N2OS2. The quantitative estimate of drug-likeness (QED) is 0.778. The Labute approximate surface area is 112 Å². The molecule has 3 aromatic rings. The first-order valence-electron chi connectivity index (χ1n) is 5.39. The molecule has 2 aromatic heterocycles. The van der Waals surface area contributed by atoms with Crippen LogP contribution in [0.4, 0.5) is 0 Å². The van der Waals surface area contributed by atoms with Crippen LogP contribution >= 0.6 is 22.7 Å². The minimum absolute atomic E-state index is 0.376. The van der Waals surface area contributed by atoms with E-state index in [4.69, 9.17) is 5.73 Å². The first-order chi connectivity index (χ1) is 8.65. The molecule has 5 heteroatoms. The minimum atomic E-state index is -0.376. The minimum Gasteiger partial charge on any atom is -0.365 e. The highest BCUT2D eigenvalue weighted by Gasteiger charge is 2.10. The zero-order valence-corrected chi connectivity index (χ0v) is 11.3. The zero-order valence-electron chi connectivity index (χ0n) is 9.64. The summed E-state index contributed by atoms with van der Waals surface area (Å²) >= 11 is 3.05. The first-order valence-corrected chi connectivity index (χ1v) is 7.08. The highest BCUT2D eigenvalue weighted by molar-refractivity contribution is 7.17. The number of nitrogens with zero attached hydrogens (tertiary/aromatic N) is 1. The third-order valence-corrected chi connectivity index (χ3v) is 4.72. The Hall–Kier alpha value is -1.72. The molecule has 90 valence electrons. The number of thiophene rings is 1. The van der Waals surface area contributed by atoms with Crippen LogP contribution in [0.2, 0.25) is 0 Å². The second-order valence-electron chi connectivity index (χ2n) is 4.02. The van der Waals surface area contributed by atoms with Crippen LogP contribution in [0.1, 0.15) is 15.2 Å². The van der Waals surface area contributed by atoms with Gasteiger partial charge in [0.15, 0.2) is 0 Å². The van der Waals surface area contributed by atoms with Crippen LogP contribution in [0, 0.1) is 6.92 Å². The Balaban J connectivity index is 2.17. The second-order valence-corrected chi connectivity index (χ2v) is 5.99. The smallest absolute Gasteiger partial charge is 0.258 e. The lowest BCUT2D eigenvalue weighted by Gasteiger charge is -2.02. The molecule has 0 unspecified atom stereocenters. The Morgan fingerprint density at radius 1 is 1.33 bits per heavy atom. The number of hydrogen-bond donors (Lipinski definition) is 1. The Kier molecular flexibility index (Phi) is 2.65. The summed E-state index contributed by atoms with van der Waals surface area (Å²) in [7, 11) is 0. The van der Waals surface area contributed by atoms with Gasteiger partial charge in [-0.15, -0.1) is 22.7 Å². The molecule has 0 aliphatic carbocycles. The van der Waals surface area contributed by atoms with Crippen LogP contribution in [0.5, 0.6) is 0 Å². The van der Waals surface area contributed by atoms with E-state index in [1.807, 2.05) is 11.6 Å². The number of aryl methyl sites for hydroxylation is 1. The number of fused-ring (bicyclic) bond motifs is 1. The lowest BCUT2D eigenvalue weighted by molar-refractivity contribution is 0.100. The summed E-state index contributed by atoms with van der Waals surface area (Å²) in [6, 6.07) is 7.90. The molecule has 2 N–H and O–H groups in total. The molecule has 1 amide bonds. The van der Waals surface area contributed by atoms with Crippen molar-refractivity contribution in [2.45, 2.75) is 6.92 Å². The first kappa shape index (κ1) is 11.4. The fourth-order valence-corrected chi connectivity index (χ4v) is 3.58. The summed E-state index contributed by atoms with van der Waals surface area (Å²) in [6.45, 7) is 2.07. The van der Waals surface area contributed by atoms with Gasteiger partial charge in [0.2, 0.25) is 0 Å². The number of nitrogens with two attached hydrogens (primary N) is 1. The normalized spacial score (nSPS) is 10.9. The van der Waals surface area contributed by atoms with Crippen molar-refractivity contribution in [3.63, 3.8) is 0 Å². The molecule has 3 rings (SSSR count). The molecule has 0 aliphatic rings. The molecule has 0 atom stereocenters. The molecule has 18 heavy (non-hydrogen) atoms. The van der Waals surface area contributed by atoms with E-state index in [2.05, 4.69) is 24.0 Å². The van der Waals surface area contributed by atoms with Crippen molar-refractivity contribution in [1.29, 1.82) is 0 Å². The van der Waals surface area contributed by atoms with Crippen LogP contribution in [0.3, 0.4) is 0 Å². The van der Waals surface area contributed by atoms with Crippen molar-refractivity contribution < 1.29 is 4.79 Å². The van der Waals surface area contributed by atoms with E-state index >= 15 is 0 Å². The summed E-state index contributed by atoms with van der Waals surface area (Å²) < 4.78 is 1.18. The van der Waals surface area contributed by atoms with Crippen molar-refractivity contribution >= 4 is 38.8 Å². The number of primary amides is 1. The average Bonchev–Trinajstić information content (AvgIpc) is 2.94. The largest absolute Gasteiger partial charge is 0.365 e. The average molecular weight is 274 g/mol. The Morgan fingerprint density at radius 3 is 2.89 bits per heavy atom. The molecule has 0 saturated carbocycles. The molecule has 0 aliphatic heterocycles. The van der Waals surface area contributed by atoms with Gasteiger partial charge < -0.3 is 5.73 Å². The number of hydrogen-bond acceptors (Lipinski definition) is 4. The molecule has 0 saturated heterocycles. The van der Waals surface area contributed by atoms with Crippen molar-refractivity contribution in [3.05, 3.63) is 40.2 Å². The molecule has 0 fully saturated rings. The third-order valence-electron chi connectivity index (χ3n) is 2.79. The third kappa shape index (κ3) is 1.81. The van der Waals surface area contributed by atoms with Gasteiger partial charge in [-0.25, -0.2) is 4.98 Å². The number of carbonyl (C=O) groups excluding carboxylic acids is 1. The summed E-state index contributed by atoms with van der Waals surface area (Å²) in [6.07, 6.45) is 0. The zero-order chi connectivity index (χ0) is 12.7. The Bertz CT molecular complexity index is 742. The van der Waals surface area contributed by atoms with Gasteiger partial charge in [-0.3, -0.25) is 4.79 Å². The summed E-state index contributed by atoms with van der Waals surface area (Å²) in [4.78, 5) is 17.1. The number of benzene rings is 1. The van der Waals surface area contributed by atoms with Crippen LogP contribution in [0.25, 0.3) is 20.7 Å². The summed E-state index contributed by atoms with van der Waals surface area (Å²) in [5.74, 6) is -0.376. The van der Waals surface area contributed by atoms with E-state index in [0.29, 0.717) is 4.88 Å². The molecule has 1 aromatic carbocycles. The summed E-state index contributed by atoms with van der Waals surface area (Å²) in [5.41, 5.74) is 10.4. The molecule has 0 bridgehead atoms. The SMILES string of the molecule is Cc1cc2scnc2cc1-c1ccc(C(N)=O)s1. The van der Waals surface area contributed by atoms with Gasteiger partial charge in [-0.1, -0.05) is 0 Å². The molecule has 2 heterocycles. The van der Waals surface area contributed by atoms with Gasteiger partial charge >= 0.3 is 0 Å². The van der Waals surface area contributed by atoms with E-state index in [9.17, 15) is 4.79 Å². The highest BCUT2D eigenvalue weighted by Crippen LogP contribution is 2.33. The maximum absolute atomic E-state index is 11.1. The number of amides is 1. The number of thiazole rings is 1. The molecule has 0 spiro atoms. The summed E-state index contributed by atoms with van der Waals surface area (Å²) in [5, 5.41) is 0. The molecule has 0 radical (unpaired) electrons. The lowest BCUT2D eigenvalue weighted by atomic mass is 10.1. The van der Waals surface area contributed by atoms with E-state index in [0.717, 1.165) is 16.0 Å². The maximum Gasteiger partial charge on any atom is 0.258 e. The van der Waals surface area contributed by atoms with Gasteiger partial charge in [0.25, 0.3) is 5.91 Å². The monoisotopic (exact) mass is 274 g/mol. The predicted molar refractivity (Wildman–Crippen MR) is 76.2 cm³/mol. The standard InChI is InChI=1S/C13H10N2OS2/c1-7-4-12-9(15-6-17-12)5-8(7)10-2-3-11(18-10)13(14)16/h2-6H,1H3,(H2,14,16).